The lowest BCUT2D eigenvalue weighted by molar-refractivity contribution is 0.649. The molecule has 19 heavy (non-hydrogen) atoms. The van der Waals surface area contributed by atoms with Crippen LogP contribution in [0, 0.1) is 0 Å². The summed E-state index contributed by atoms with van der Waals surface area (Å²) in [5.41, 5.74) is 9.03. The van der Waals surface area contributed by atoms with Crippen LogP contribution in [0.5, 0.6) is 0 Å². The molecule has 0 radical (unpaired) electrons. The van der Waals surface area contributed by atoms with Gasteiger partial charge in [-0.3, -0.25) is 0 Å². The fourth-order valence-corrected chi connectivity index (χ4v) is 1.75. The minimum Gasteiger partial charge on any atom is -0.330 e. The summed E-state index contributed by atoms with van der Waals surface area (Å²) in [6.07, 6.45) is 3.82. The molecule has 4 nitrogen and oxygen atoms in total. The van der Waals surface area contributed by atoms with Gasteiger partial charge in [0.05, 0.1) is 12.2 Å². The van der Waals surface area contributed by atoms with Crippen molar-refractivity contribution < 1.29 is 0 Å². The number of nitrogens with zero attached hydrogens (tertiary/aromatic N) is 3. The Bertz CT molecular complexity index is 468. The Hall–Kier alpha value is -1.10. The molecule has 0 spiro atoms. The topological polar surface area (TPSA) is 56.7 Å². The summed E-state index contributed by atoms with van der Waals surface area (Å²) >= 11 is 0. The minimum absolute atomic E-state index is 0. The number of hydrogen-bond acceptors (Lipinski definition) is 3. The summed E-state index contributed by atoms with van der Waals surface area (Å²) in [7, 11) is 0. The fourth-order valence-electron chi connectivity index (χ4n) is 1.75. The summed E-state index contributed by atoms with van der Waals surface area (Å²) in [4.78, 5) is 0. The van der Waals surface area contributed by atoms with Crippen molar-refractivity contribution in [1.29, 1.82) is 0 Å². The summed E-state index contributed by atoms with van der Waals surface area (Å²) in [6, 6.07) is 8.60. The van der Waals surface area contributed by atoms with Crippen LogP contribution >= 0.6 is 24.8 Å². The minimum atomic E-state index is 0. The number of benzene rings is 1. The van der Waals surface area contributed by atoms with Crippen LogP contribution < -0.4 is 5.73 Å². The highest BCUT2D eigenvalue weighted by molar-refractivity contribution is 5.85. The molecule has 2 N–H and O–H groups in total. The van der Waals surface area contributed by atoms with Gasteiger partial charge in [-0.15, -0.1) is 29.9 Å². The van der Waals surface area contributed by atoms with Gasteiger partial charge < -0.3 is 5.73 Å². The number of halogens is 2. The van der Waals surface area contributed by atoms with E-state index in [1.165, 1.54) is 11.1 Å². The molecule has 1 aromatic heterocycles. The number of aromatic nitrogens is 3. The van der Waals surface area contributed by atoms with Crippen molar-refractivity contribution in [2.75, 3.05) is 6.54 Å². The lowest BCUT2D eigenvalue weighted by Crippen LogP contribution is -2.02. The van der Waals surface area contributed by atoms with Gasteiger partial charge in [0.25, 0.3) is 0 Å². The Morgan fingerprint density at radius 3 is 2.32 bits per heavy atom. The molecule has 1 heterocycles. The van der Waals surface area contributed by atoms with Crippen LogP contribution in [0.2, 0.25) is 0 Å². The molecular weight excluding hydrogens is 283 g/mol. The number of hydrogen-bond donors (Lipinski definition) is 1. The first-order chi connectivity index (χ1) is 8.31. The van der Waals surface area contributed by atoms with Gasteiger partial charge in [0, 0.05) is 12.6 Å². The molecule has 0 fully saturated rings. The summed E-state index contributed by atoms with van der Waals surface area (Å²) in [6.45, 7) is 3.54. The predicted octanol–water partition coefficient (Wildman–Crippen LogP) is 2.23. The van der Waals surface area contributed by atoms with Crippen molar-refractivity contribution in [2.45, 2.75) is 26.3 Å². The van der Waals surface area contributed by atoms with Gasteiger partial charge >= 0.3 is 0 Å². The molecule has 0 aliphatic rings. The lowest BCUT2D eigenvalue weighted by Gasteiger charge is -2.02. The van der Waals surface area contributed by atoms with Crippen molar-refractivity contribution >= 4 is 24.8 Å². The quantitative estimate of drug-likeness (QED) is 0.921. The summed E-state index contributed by atoms with van der Waals surface area (Å²) < 4.78 is 1.85. The molecule has 0 saturated heterocycles. The monoisotopic (exact) mass is 302 g/mol. The first-order valence-corrected chi connectivity index (χ1v) is 5.98. The number of aryl methyl sites for hydroxylation is 1. The molecule has 0 atom stereocenters. The Labute approximate surface area is 126 Å². The zero-order valence-electron chi connectivity index (χ0n) is 11.0. The van der Waals surface area contributed by atoms with Gasteiger partial charge in [-0.25, -0.2) is 4.68 Å². The normalized spacial score (nSPS) is 9.58. The zero-order valence-corrected chi connectivity index (χ0v) is 12.6. The van der Waals surface area contributed by atoms with E-state index in [0.29, 0.717) is 6.54 Å². The molecule has 1 aromatic carbocycles. The van der Waals surface area contributed by atoms with Crippen LogP contribution in [-0.2, 0) is 19.4 Å². The van der Waals surface area contributed by atoms with E-state index in [0.717, 1.165) is 25.1 Å². The smallest absolute Gasteiger partial charge is 0.0839 e. The van der Waals surface area contributed by atoms with Crippen molar-refractivity contribution in [2.24, 2.45) is 5.73 Å². The lowest BCUT2D eigenvalue weighted by atomic mass is 10.1. The molecule has 2 aromatic rings. The average molecular weight is 303 g/mol. The number of rotatable bonds is 5. The Morgan fingerprint density at radius 1 is 1.11 bits per heavy atom. The van der Waals surface area contributed by atoms with E-state index >= 15 is 0 Å². The largest absolute Gasteiger partial charge is 0.330 e. The fraction of sp³-hybridized carbons (Fsp3) is 0.385. The Kier molecular flexibility index (Phi) is 8.39. The van der Waals surface area contributed by atoms with Crippen molar-refractivity contribution in [3.63, 3.8) is 0 Å². The van der Waals surface area contributed by atoms with E-state index in [1.54, 1.807) is 0 Å². The van der Waals surface area contributed by atoms with Crippen molar-refractivity contribution in [3.05, 3.63) is 47.3 Å². The van der Waals surface area contributed by atoms with Gasteiger partial charge in [-0.05, 0) is 24.1 Å². The molecule has 0 amide bonds. The van der Waals surface area contributed by atoms with Crippen LogP contribution in [0.25, 0.3) is 0 Å². The molecule has 0 saturated carbocycles. The van der Waals surface area contributed by atoms with E-state index < -0.39 is 0 Å². The molecular formula is C13H20Cl2N4. The standard InChI is InChI=1S/C13H18N4.2ClH/c1-2-11-3-5-12(6-4-11)9-17-10-13(7-8-14)15-16-17;;/h3-6,10H,2,7-9,14H2,1H3;2*1H. The third-order valence-corrected chi connectivity index (χ3v) is 2.76. The molecule has 0 aliphatic heterocycles. The second kappa shape index (κ2) is 8.91. The number of nitrogens with two attached hydrogens (primary N) is 1. The summed E-state index contributed by atoms with van der Waals surface area (Å²) in [5, 5.41) is 8.15. The van der Waals surface area contributed by atoms with Crippen LogP contribution in [0.1, 0.15) is 23.7 Å². The van der Waals surface area contributed by atoms with E-state index in [2.05, 4.69) is 41.5 Å². The maximum Gasteiger partial charge on any atom is 0.0839 e. The molecule has 0 bridgehead atoms. The first kappa shape index (κ1) is 17.9. The average Bonchev–Trinajstić information content (AvgIpc) is 2.78. The predicted molar refractivity (Wildman–Crippen MR) is 82.2 cm³/mol. The van der Waals surface area contributed by atoms with E-state index in [-0.39, 0.29) is 24.8 Å². The SMILES string of the molecule is CCc1ccc(Cn2cc(CCN)nn2)cc1.Cl.Cl. The molecule has 0 aliphatic carbocycles. The molecule has 106 valence electrons. The Morgan fingerprint density at radius 2 is 1.74 bits per heavy atom. The van der Waals surface area contributed by atoms with Crippen LogP contribution in [0.3, 0.4) is 0 Å². The first-order valence-electron chi connectivity index (χ1n) is 5.98. The van der Waals surface area contributed by atoms with E-state index in [4.69, 9.17) is 5.73 Å². The molecule has 0 unspecified atom stereocenters. The highest BCUT2D eigenvalue weighted by Gasteiger charge is 2.00. The second-order valence-corrected chi connectivity index (χ2v) is 4.12. The van der Waals surface area contributed by atoms with Crippen molar-refractivity contribution in [1.82, 2.24) is 15.0 Å². The van der Waals surface area contributed by atoms with Gasteiger partial charge in [-0.1, -0.05) is 36.4 Å². The third-order valence-electron chi connectivity index (χ3n) is 2.76. The van der Waals surface area contributed by atoms with Gasteiger partial charge in [0.2, 0.25) is 0 Å². The van der Waals surface area contributed by atoms with Gasteiger partial charge in [0.1, 0.15) is 0 Å². The molecule has 2 rings (SSSR count). The zero-order chi connectivity index (χ0) is 12.1. The highest BCUT2D eigenvalue weighted by atomic mass is 35.5. The second-order valence-electron chi connectivity index (χ2n) is 4.12. The maximum atomic E-state index is 5.48. The van der Waals surface area contributed by atoms with Gasteiger partial charge in [-0.2, -0.15) is 0 Å². The van der Waals surface area contributed by atoms with Gasteiger partial charge in [0.15, 0.2) is 0 Å². The van der Waals surface area contributed by atoms with Crippen LogP contribution in [-0.4, -0.2) is 21.5 Å². The third kappa shape index (κ3) is 5.19. The van der Waals surface area contributed by atoms with E-state index in [9.17, 15) is 0 Å². The van der Waals surface area contributed by atoms with Crippen molar-refractivity contribution in [3.8, 4) is 0 Å². The Balaban J connectivity index is 0.00000162. The molecule has 6 heteroatoms. The highest BCUT2D eigenvalue weighted by Crippen LogP contribution is 2.06. The van der Waals surface area contributed by atoms with E-state index in [1.807, 2.05) is 10.9 Å². The van der Waals surface area contributed by atoms with Crippen LogP contribution in [0.4, 0.5) is 0 Å². The maximum absolute atomic E-state index is 5.48. The van der Waals surface area contributed by atoms with Crippen LogP contribution in [0.15, 0.2) is 30.5 Å². The summed E-state index contributed by atoms with van der Waals surface area (Å²) in [5.74, 6) is 0.